The van der Waals surface area contributed by atoms with Crippen LogP contribution in [0.3, 0.4) is 0 Å². The number of ether oxygens (including phenoxy) is 3. The second kappa shape index (κ2) is 8.60. The van der Waals surface area contributed by atoms with Gasteiger partial charge in [-0.1, -0.05) is 0 Å². The number of rotatable bonds is 9. The van der Waals surface area contributed by atoms with E-state index in [-0.39, 0.29) is 0 Å². The summed E-state index contributed by atoms with van der Waals surface area (Å²) in [5.41, 5.74) is 7.24. The number of nitrogens with one attached hydrogen (secondary N) is 2. The summed E-state index contributed by atoms with van der Waals surface area (Å²) in [6.07, 6.45) is 4.83. The SMILES string of the molecule is CNC1=CC=NC(N)(c2ccc(OC)c(OCCCN3CC(OC)C3)c2)N1. The van der Waals surface area contributed by atoms with E-state index in [9.17, 15) is 0 Å². The standard InChI is InChI=1S/C19H29N5O3/c1-21-18-7-8-22-19(20,23-18)14-5-6-16(26-3)17(11-14)27-10-4-9-24-12-15(13-24)25-2/h5-8,11,15,21,23H,4,9-10,12-13,20H2,1-3H3. The second-order valence-electron chi connectivity index (χ2n) is 6.68. The molecule has 27 heavy (non-hydrogen) atoms. The molecule has 0 aromatic heterocycles. The van der Waals surface area contributed by atoms with Gasteiger partial charge in [0.2, 0.25) is 5.79 Å². The molecule has 2 heterocycles. The Morgan fingerprint density at radius 3 is 2.85 bits per heavy atom. The number of allylic oxidation sites excluding steroid dienone is 1. The molecule has 8 heteroatoms. The van der Waals surface area contributed by atoms with Crippen LogP contribution in [0.2, 0.25) is 0 Å². The Bertz CT molecular complexity index is 703. The van der Waals surface area contributed by atoms with Crippen molar-refractivity contribution in [2.45, 2.75) is 18.3 Å². The zero-order valence-corrected chi connectivity index (χ0v) is 16.2. The van der Waals surface area contributed by atoms with Gasteiger partial charge in [-0.3, -0.25) is 10.6 Å². The minimum atomic E-state index is -1.05. The van der Waals surface area contributed by atoms with Crippen LogP contribution in [0.25, 0.3) is 0 Å². The lowest BCUT2D eigenvalue weighted by atomic mass is 10.1. The van der Waals surface area contributed by atoms with Crippen molar-refractivity contribution in [2.24, 2.45) is 10.7 Å². The van der Waals surface area contributed by atoms with E-state index in [4.69, 9.17) is 19.9 Å². The van der Waals surface area contributed by atoms with Gasteiger partial charge >= 0.3 is 0 Å². The molecule has 1 aromatic rings. The predicted octanol–water partition coefficient (Wildman–Crippen LogP) is 0.599. The van der Waals surface area contributed by atoms with Gasteiger partial charge in [-0.05, 0) is 30.7 Å². The number of benzene rings is 1. The lowest BCUT2D eigenvalue weighted by molar-refractivity contribution is -0.0306. The van der Waals surface area contributed by atoms with E-state index >= 15 is 0 Å². The Hall–Kier alpha value is -2.29. The van der Waals surface area contributed by atoms with Crippen LogP contribution in [0.1, 0.15) is 12.0 Å². The smallest absolute Gasteiger partial charge is 0.210 e. The minimum Gasteiger partial charge on any atom is -0.493 e. The molecule has 148 valence electrons. The summed E-state index contributed by atoms with van der Waals surface area (Å²) < 4.78 is 16.7. The van der Waals surface area contributed by atoms with Gasteiger partial charge < -0.3 is 24.8 Å². The number of likely N-dealkylation sites (tertiary alicyclic amines) is 1. The fraction of sp³-hybridized carbons (Fsp3) is 0.526. The highest BCUT2D eigenvalue weighted by molar-refractivity contribution is 5.73. The predicted molar refractivity (Wildman–Crippen MR) is 105 cm³/mol. The summed E-state index contributed by atoms with van der Waals surface area (Å²) >= 11 is 0. The Balaban J connectivity index is 1.60. The number of methoxy groups -OCH3 is 2. The molecular formula is C19H29N5O3. The zero-order valence-electron chi connectivity index (χ0n) is 16.2. The maximum absolute atomic E-state index is 6.45. The van der Waals surface area contributed by atoms with Gasteiger partial charge in [-0.25, -0.2) is 4.99 Å². The minimum absolute atomic E-state index is 0.378. The average molecular weight is 375 g/mol. The van der Waals surface area contributed by atoms with Crippen molar-refractivity contribution in [3.05, 3.63) is 35.7 Å². The fourth-order valence-corrected chi connectivity index (χ4v) is 3.15. The Kier molecular flexibility index (Phi) is 6.20. The number of nitrogens with zero attached hydrogens (tertiary/aromatic N) is 2. The van der Waals surface area contributed by atoms with Gasteiger partial charge in [-0.2, -0.15) is 0 Å². The van der Waals surface area contributed by atoms with E-state index in [1.165, 1.54) is 0 Å². The molecule has 8 nitrogen and oxygen atoms in total. The molecule has 0 aliphatic carbocycles. The third-order valence-corrected chi connectivity index (χ3v) is 4.85. The molecule has 1 unspecified atom stereocenters. The molecule has 1 saturated heterocycles. The molecule has 2 aliphatic rings. The van der Waals surface area contributed by atoms with E-state index in [2.05, 4.69) is 20.5 Å². The Labute approximate surface area is 160 Å². The number of aliphatic imine (C=N–C) groups is 1. The molecule has 0 saturated carbocycles. The normalized spacial score (nSPS) is 22.6. The van der Waals surface area contributed by atoms with Gasteiger partial charge in [0.1, 0.15) is 5.82 Å². The van der Waals surface area contributed by atoms with Crippen molar-refractivity contribution in [1.29, 1.82) is 0 Å². The zero-order chi connectivity index (χ0) is 19.3. The molecule has 1 aromatic carbocycles. The van der Waals surface area contributed by atoms with Gasteiger partial charge in [0.25, 0.3) is 0 Å². The highest BCUT2D eigenvalue weighted by atomic mass is 16.5. The molecule has 4 N–H and O–H groups in total. The Morgan fingerprint density at radius 2 is 2.15 bits per heavy atom. The van der Waals surface area contributed by atoms with E-state index in [1.54, 1.807) is 20.4 Å². The van der Waals surface area contributed by atoms with Gasteiger partial charge in [0, 0.05) is 45.6 Å². The summed E-state index contributed by atoms with van der Waals surface area (Å²) in [5.74, 6) is 1.09. The van der Waals surface area contributed by atoms with Crippen LogP contribution in [-0.4, -0.2) is 64.7 Å². The molecule has 2 aliphatic heterocycles. The quantitative estimate of drug-likeness (QED) is 0.544. The lowest BCUT2D eigenvalue weighted by Gasteiger charge is -2.38. The first-order valence-electron chi connectivity index (χ1n) is 9.14. The summed E-state index contributed by atoms with van der Waals surface area (Å²) in [4.78, 5) is 6.74. The van der Waals surface area contributed by atoms with E-state index < -0.39 is 5.79 Å². The third-order valence-electron chi connectivity index (χ3n) is 4.85. The molecule has 1 atom stereocenters. The van der Waals surface area contributed by atoms with Crippen molar-refractivity contribution in [3.8, 4) is 11.5 Å². The monoisotopic (exact) mass is 375 g/mol. The van der Waals surface area contributed by atoms with Crippen LogP contribution in [0.4, 0.5) is 0 Å². The summed E-state index contributed by atoms with van der Waals surface area (Å²) in [6, 6.07) is 5.62. The first-order chi connectivity index (χ1) is 13.1. The van der Waals surface area contributed by atoms with Crippen molar-refractivity contribution in [2.75, 3.05) is 47.5 Å². The summed E-state index contributed by atoms with van der Waals surface area (Å²) in [7, 11) is 5.22. The highest BCUT2D eigenvalue weighted by Crippen LogP contribution is 2.32. The van der Waals surface area contributed by atoms with Gasteiger partial charge in [0.05, 0.1) is 19.8 Å². The first kappa shape index (κ1) is 19.5. The van der Waals surface area contributed by atoms with Crippen molar-refractivity contribution in [3.63, 3.8) is 0 Å². The van der Waals surface area contributed by atoms with Crippen LogP contribution in [0.15, 0.2) is 35.1 Å². The summed E-state index contributed by atoms with van der Waals surface area (Å²) in [6.45, 7) is 3.58. The average Bonchev–Trinajstić information content (AvgIpc) is 2.66. The lowest BCUT2D eigenvalue weighted by Crippen LogP contribution is -2.52. The maximum Gasteiger partial charge on any atom is 0.210 e. The third kappa shape index (κ3) is 4.52. The first-order valence-corrected chi connectivity index (χ1v) is 9.14. The molecule has 0 radical (unpaired) electrons. The number of hydrogen-bond donors (Lipinski definition) is 3. The molecule has 3 rings (SSSR count). The van der Waals surface area contributed by atoms with E-state index in [1.807, 2.05) is 31.3 Å². The van der Waals surface area contributed by atoms with E-state index in [0.717, 1.165) is 37.4 Å². The van der Waals surface area contributed by atoms with Crippen LogP contribution in [0, 0.1) is 0 Å². The fourth-order valence-electron chi connectivity index (χ4n) is 3.15. The summed E-state index contributed by atoms with van der Waals surface area (Å²) in [5, 5.41) is 6.23. The molecule has 0 amide bonds. The highest BCUT2D eigenvalue weighted by Gasteiger charge is 2.29. The van der Waals surface area contributed by atoms with Gasteiger partial charge in [-0.15, -0.1) is 0 Å². The van der Waals surface area contributed by atoms with Gasteiger partial charge in [0.15, 0.2) is 11.5 Å². The van der Waals surface area contributed by atoms with Crippen molar-refractivity contribution in [1.82, 2.24) is 15.5 Å². The molecule has 0 spiro atoms. The molecule has 1 fully saturated rings. The Morgan fingerprint density at radius 1 is 1.33 bits per heavy atom. The van der Waals surface area contributed by atoms with Crippen molar-refractivity contribution >= 4 is 6.21 Å². The maximum atomic E-state index is 6.45. The largest absolute Gasteiger partial charge is 0.493 e. The van der Waals surface area contributed by atoms with Crippen LogP contribution >= 0.6 is 0 Å². The van der Waals surface area contributed by atoms with Crippen LogP contribution in [-0.2, 0) is 10.5 Å². The van der Waals surface area contributed by atoms with E-state index in [0.29, 0.717) is 24.2 Å². The number of nitrogens with two attached hydrogens (primary N) is 1. The topological polar surface area (TPSA) is 93.4 Å². The number of hydrogen-bond acceptors (Lipinski definition) is 8. The molecular weight excluding hydrogens is 346 g/mol. The van der Waals surface area contributed by atoms with Crippen molar-refractivity contribution < 1.29 is 14.2 Å². The second-order valence-corrected chi connectivity index (χ2v) is 6.68. The van der Waals surface area contributed by atoms with Crippen LogP contribution in [0.5, 0.6) is 11.5 Å². The molecule has 0 bridgehead atoms. The van der Waals surface area contributed by atoms with Crippen LogP contribution < -0.4 is 25.8 Å².